The van der Waals surface area contributed by atoms with Gasteiger partial charge in [0.25, 0.3) is 0 Å². The molecule has 0 unspecified atom stereocenters. The molecule has 0 spiro atoms. The minimum Gasteiger partial charge on any atom is -0.497 e. The third-order valence-corrected chi connectivity index (χ3v) is 4.53. The number of pyridine rings is 1. The molecule has 3 rings (SSSR count). The zero-order valence-corrected chi connectivity index (χ0v) is 17.8. The quantitative estimate of drug-likeness (QED) is 0.464. The van der Waals surface area contributed by atoms with Crippen molar-refractivity contribution >= 4 is 23.5 Å². The lowest BCUT2D eigenvalue weighted by Gasteiger charge is -2.08. The van der Waals surface area contributed by atoms with E-state index in [1.807, 2.05) is 67.6 Å². The number of carbonyl (C=O) groups excluding carboxylic acids is 1. The summed E-state index contributed by atoms with van der Waals surface area (Å²) < 4.78 is 10.6. The minimum absolute atomic E-state index is 0.212. The second-order valence-corrected chi connectivity index (χ2v) is 6.78. The smallest absolute Gasteiger partial charge is 0.248 e. The number of amides is 1. The van der Waals surface area contributed by atoms with Gasteiger partial charge in [-0.2, -0.15) is 0 Å². The lowest BCUT2D eigenvalue weighted by Crippen LogP contribution is -2.09. The van der Waals surface area contributed by atoms with Crippen molar-refractivity contribution in [2.45, 2.75) is 13.3 Å². The number of benzene rings is 2. The molecular formula is C25H27N3O3. The van der Waals surface area contributed by atoms with E-state index in [1.165, 1.54) is 11.6 Å². The zero-order chi connectivity index (χ0) is 21.9. The summed E-state index contributed by atoms with van der Waals surface area (Å²) in [5.74, 6) is 2.21. The summed E-state index contributed by atoms with van der Waals surface area (Å²) >= 11 is 0. The highest BCUT2D eigenvalue weighted by Gasteiger charge is 2.01. The Morgan fingerprint density at radius 1 is 1.00 bits per heavy atom. The standard InChI is InChI=1S/C25H27N3O3/c1-3-31-23-12-6-19(7-13-23)8-15-25(29)28-21-9-14-24(27-18-21)26-17-16-20-4-10-22(30-2)11-5-20/h4-15,18H,3,16-17H2,1-2H3,(H,26,27)(H,28,29)/b15-8+. The number of hydrogen-bond acceptors (Lipinski definition) is 5. The van der Waals surface area contributed by atoms with Crippen LogP contribution in [0.4, 0.5) is 11.5 Å². The number of methoxy groups -OCH3 is 1. The van der Waals surface area contributed by atoms with Gasteiger partial charge in [-0.05, 0) is 66.9 Å². The number of aromatic nitrogens is 1. The van der Waals surface area contributed by atoms with Gasteiger partial charge in [0.1, 0.15) is 17.3 Å². The topological polar surface area (TPSA) is 72.5 Å². The van der Waals surface area contributed by atoms with Crippen LogP contribution >= 0.6 is 0 Å². The molecule has 1 amide bonds. The first-order chi connectivity index (χ1) is 15.2. The number of ether oxygens (including phenoxy) is 2. The first kappa shape index (κ1) is 21.9. The average Bonchev–Trinajstić information content (AvgIpc) is 2.80. The number of anilines is 2. The van der Waals surface area contributed by atoms with Crippen molar-refractivity contribution in [3.05, 3.63) is 84.1 Å². The minimum atomic E-state index is -0.212. The van der Waals surface area contributed by atoms with Crippen molar-refractivity contribution in [3.63, 3.8) is 0 Å². The molecule has 160 valence electrons. The summed E-state index contributed by atoms with van der Waals surface area (Å²) in [5.41, 5.74) is 2.78. The molecule has 2 aromatic carbocycles. The molecule has 0 bridgehead atoms. The predicted octanol–water partition coefficient (Wildman–Crippen LogP) is 4.80. The highest BCUT2D eigenvalue weighted by molar-refractivity contribution is 6.01. The monoisotopic (exact) mass is 417 g/mol. The fraction of sp³-hybridized carbons (Fsp3) is 0.200. The van der Waals surface area contributed by atoms with Crippen LogP contribution < -0.4 is 20.1 Å². The summed E-state index contributed by atoms with van der Waals surface area (Å²) in [7, 11) is 1.66. The van der Waals surface area contributed by atoms with Gasteiger partial charge in [0.05, 0.1) is 25.6 Å². The molecule has 0 saturated carbocycles. The second-order valence-electron chi connectivity index (χ2n) is 6.78. The molecule has 0 aliphatic rings. The maximum absolute atomic E-state index is 12.1. The van der Waals surface area contributed by atoms with Crippen LogP contribution in [0.2, 0.25) is 0 Å². The zero-order valence-electron chi connectivity index (χ0n) is 17.8. The number of nitrogens with one attached hydrogen (secondary N) is 2. The molecule has 0 fully saturated rings. The molecule has 0 atom stereocenters. The molecule has 2 N–H and O–H groups in total. The Morgan fingerprint density at radius 2 is 1.74 bits per heavy atom. The molecule has 6 nitrogen and oxygen atoms in total. The summed E-state index contributed by atoms with van der Waals surface area (Å²) in [5, 5.41) is 6.09. The van der Waals surface area contributed by atoms with Crippen LogP contribution in [0, 0.1) is 0 Å². The van der Waals surface area contributed by atoms with Crippen molar-refractivity contribution in [2.24, 2.45) is 0 Å². The molecule has 0 aliphatic heterocycles. The molecule has 0 saturated heterocycles. The van der Waals surface area contributed by atoms with Gasteiger partial charge in [-0.3, -0.25) is 4.79 Å². The average molecular weight is 418 g/mol. The summed E-state index contributed by atoms with van der Waals surface area (Å²) in [4.78, 5) is 16.5. The van der Waals surface area contributed by atoms with Gasteiger partial charge in [0.2, 0.25) is 5.91 Å². The summed E-state index contributed by atoms with van der Waals surface area (Å²) in [6.07, 6.45) is 5.77. The second kappa shape index (κ2) is 11.4. The summed E-state index contributed by atoms with van der Waals surface area (Å²) in [6.45, 7) is 3.33. The van der Waals surface area contributed by atoms with Crippen molar-refractivity contribution < 1.29 is 14.3 Å². The Morgan fingerprint density at radius 3 is 2.39 bits per heavy atom. The first-order valence-electron chi connectivity index (χ1n) is 10.2. The van der Waals surface area contributed by atoms with E-state index in [0.29, 0.717) is 12.3 Å². The lowest BCUT2D eigenvalue weighted by molar-refractivity contribution is -0.111. The van der Waals surface area contributed by atoms with Crippen molar-refractivity contribution in [1.82, 2.24) is 4.98 Å². The van der Waals surface area contributed by atoms with Crippen LogP contribution in [0.15, 0.2) is 72.9 Å². The number of nitrogens with zero attached hydrogens (tertiary/aromatic N) is 1. The molecule has 3 aromatic rings. The lowest BCUT2D eigenvalue weighted by atomic mass is 10.1. The van der Waals surface area contributed by atoms with Crippen molar-refractivity contribution in [1.29, 1.82) is 0 Å². The number of carbonyl (C=O) groups is 1. The van der Waals surface area contributed by atoms with E-state index < -0.39 is 0 Å². The summed E-state index contributed by atoms with van der Waals surface area (Å²) in [6, 6.07) is 19.2. The molecule has 1 aromatic heterocycles. The van der Waals surface area contributed by atoms with Crippen LogP contribution in [0.1, 0.15) is 18.1 Å². The van der Waals surface area contributed by atoms with Gasteiger partial charge in [-0.15, -0.1) is 0 Å². The third kappa shape index (κ3) is 7.19. The highest BCUT2D eigenvalue weighted by atomic mass is 16.5. The van der Waals surface area contributed by atoms with Crippen molar-refractivity contribution in [3.8, 4) is 11.5 Å². The normalized spacial score (nSPS) is 10.6. The fourth-order valence-electron chi connectivity index (χ4n) is 2.90. The fourth-order valence-corrected chi connectivity index (χ4v) is 2.90. The Hall–Kier alpha value is -3.80. The van der Waals surface area contributed by atoms with Gasteiger partial charge < -0.3 is 20.1 Å². The van der Waals surface area contributed by atoms with E-state index in [-0.39, 0.29) is 5.91 Å². The van der Waals surface area contributed by atoms with Crippen LogP contribution in [-0.2, 0) is 11.2 Å². The Bertz CT molecular complexity index is 982. The Labute approximate surface area is 182 Å². The number of hydrogen-bond donors (Lipinski definition) is 2. The maximum Gasteiger partial charge on any atom is 0.248 e. The predicted molar refractivity (Wildman–Crippen MR) is 125 cm³/mol. The Balaban J connectivity index is 1.44. The third-order valence-electron chi connectivity index (χ3n) is 4.53. The first-order valence-corrected chi connectivity index (χ1v) is 10.2. The van der Waals surface area contributed by atoms with E-state index in [4.69, 9.17) is 9.47 Å². The van der Waals surface area contributed by atoms with Gasteiger partial charge >= 0.3 is 0 Å². The van der Waals surface area contributed by atoms with E-state index >= 15 is 0 Å². The van der Waals surface area contributed by atoms with E-state index in [9.17, 15) is 4.79 Å². The Kier molecular flexibility index (Phi) is 8.05. The molecule has 1 heterocycles. The van der Waals surface area contributed by atoms with E-state index in [2.05, 4.69) is 15.6 Å². The van der Waals surface area contributed by atoms with Gasteiger partial charge in [-0.1, -0.05) is 24.3 Å². The molecule has 0 aliphatic carbocycles. The van der Waals surface area contributed by atoms with Crippen LogP contribution in [0.5, 0.6) is 11.5 Å². The molecule has 31 heavy (non-hydrogen) atoms. The van der Waals surface area contributed by atoms with Crippen molar-refractivity contribution in [2.75, 3.05) is 30.9 Å². The molecule has 0 radical (unpaired) electrons. The molecular weight excluding hydrogens is 390 g/mol. The van der Waals surface area contributed by atoms with Gasteiger partial charge in [0.15, 0.2) is 0 Å². The van der Waals surface area contributed by atoms with Gasteiger partial charge in [0, 0.05) is 12.6 Å². The maximum atomic E-state index is 12.1. The van der Waals surface area contributed by atoms with E-state index in [0.717, 1.165) is 35.8 Å². The van der Waals surface area contributed by atoms with Crippen LogP contribution in [0.25, 0.3) is 6.08 Å². The van der Waals surface area contributed by atoms with E-state index in [1.54, 1.807) is 19.4 Å². The SMILES string of the molecule is CCOc1ccc(/C=C/C(=O)Nc2ccc(NCCc3ccc(OC)cc3)nc2)cc1. The molecule has 6 heteroatoms. The van der Waals surface area contributed by atoms with Crippen LogP contribution in [-0.4, -0.2) is 31.2 Å². The van der Waals surface area contributed by atoms with Crippen LogP contribution in [0.3, 0.4) is 0 Å². The largest absolute Gasteiger partial charge is 0.497 e. The highest BCUT2D eigenvalue weighted by Crippen LogP contribution is 2.14. The number of rotatable bonds is 10. The van der Waals surface area contributed by atoms with Gasteiger partial charge in [-0.25, -0.2) is 4.98 Å².